The Balaban J connectivity index is 2.19. The SMILES string of the molecule is COC(=O)[C@@]1(C)CC(=O)C=C2[C@@H]1CC[C@@H](C)[C@]2(C)CC[C@@H](C)CCOC(C)=O. The summed E-state index contributed by atoms with van der Waals surface area (Å²) in [6.45, 7) is 10.5. The summed E-state index contributed by atoms with van der Waals surface area (Å²) in [7, 11) is 1.41. The molecule has 2 aliphatic carbocycles. The number of esters is 2. The largest absolute Gasteiger partial charge is 0.469 e. The fourth-order valence-electron chi connectivity index (χ4n) is 5.14. The molecule has 0 aromatic carbocycles. The first kappa shape index (κ1) is 22.6. The van der Waals surface area contributed by atoms with Crippen molar-refractivity contribution in [2.75, 3.05) is 13.7 Å². The van der Waals surface area contributed by atoms with Gasteiger partial charge in [-0.25, -0.2) is 0 Å². The molecule has 1 saturated carbocycles. The van der Waals surface area contributed by atoms with Crippen LogP contribution in [-0.2, 0) is 23.9 Å². The van der Waals surface area contributed by atoms with Crippen LogP contribution in [0.4, 0.5) is 0 Å². The lowest BCUT2D eigenvalue weighted by Crippen LogP contribution is -2.49. The molecule has 5 heteroatoms. The number of hydrogen-bond acceptors (Lipinski definition) is 5. The van der Waals surface area contributed by atoms with Gasteiger partial charge in [0.05, 0.1) is 19.1 Å². The molecule has 0 amide bonds. The molecule has 2 aliphatic rings. The van der Waals surface area contributed by atoms with Crippen LogP contribution in [0.2, 0.25) is 0 Å². The van der Waals surface area contributed by atoms with Crippen LogP contribution in [0.15, 0.2) is 11.6 Å². The maximum Gasteiger partial charge on any atom is 0.312 e. The molecule has 0 aromatic rings. The summed E-state index contributed by atoms with van der Waals surface area (Å²) in [4.78, 5) is 36.1. The van der Waals surface area contributed by atoms with Crippen molar-refractivity contribution in [1.82, 2.24) is 0 Å². The molecule has 0 spiro atoms. The van der Waals surface area contributed by atoms with E-state index in [-0.39, 0.29) is 35.5 Å². The molecular formula is C23H36O5. The molecular weight excluding hydrogens is 356 g/mol. The Morgan fingerprint density at radius 1 is 1.25 bits per heavy atom. The number of carbonyl (C=O) groups is 3. The van der Waals surface area contributed by atoms with Crippen LogP contribution in [0.5, 0.6) is 0 Å². The summed E-state index contributed by atoms with van der Waals surface area (Å²) in [5.41, 5.74) is 0.268. The standard InChI is InChI=1S/C23H36O5/c1-15(10-12-28-17(3)24)9-11-22(4)16(2)7-8-19-20(22)13-18(25)14-23(19,5)21(26)27-6/h13,15-16,19H,7-12,14H2,1-6H3/t15-,16-,19+,22+,23+/m1/s1. The van der Waals surface area contributed by atoms with Gasteiger partial charge in [0.15, 0.2) is 5.78 Å². The average Bonchev–Trinajstić information content (AvgIpc) is 2.62. The number of ether oxygens (including phenoxy) is 2. The molecule has 0 N–H and O–H groups in total. The number of hydrogen-bond donors (Lipinski definition) is 0. The lowest BCUT2D eigenvalue weighted by molar-refractivity contribution is -0.158. The second-order valence-electron chi connectivity index (χ2n) is 9.37. The summed E-state index contributed by atoms with van der Waals surface area (Å²) >= 11 is 0. The summed E-state index contributed by atoms with van der Waals surface area (Å²) in [5, 5.41) is 0. The zero-order valence-electron chi connectivity index (χ0n) is 18.3. The van der Waals surface area contributed by atoms with Crippen molar-refractivity contribution in [2.24, 2.45) is 28.6 Å². The van der Waals surface area contributed by atoms with Gasteiger partial charge in [0.25, 0.3) is 0 Å². The van der Waals surface area contributed by atoms with Crippen LogP contribution >= 0.6 is 0 Å². The fraction of sp³-hybridized carbons (Fsp3) is 0.783. The Morgan fingerprint density at radius 2 is 1.93 bits per heavy atom. The van der Waals surface area contributed by atoms with E-state index in [2.05, 4.69) is 20.8 Å². The Hall–Kier alpha value is -1.65. The van der Waals surface area contributed by atoms with Gasteiger partial charge >= 0.3 is 11.9 Å². The minimum atomic E-state index is -0.766. The van der Waals surface area contributed by atoms with Gasteiger partial charge in [-0.1, -0.05) is 26.3 Å². The Kier molecular flexibility index (Phi) is 7.11. The molecule has 0 bridgehead atoms. The van der Waals surface area contributed by atoms with E-state index in [0.29, 0.717) is 18.4 Å². The van der Waals surface area contributed by atoms with Gasteiger partial charge in [-0.05, 0) is 68.3 Å². The van der Waals surface area contributed by atoms with Gasteiger partial charge in [0, 0.05) is 13.3 Å². The zero-order valence-corrected chi connectivity index (χ0v) is 18.3. The number of allylic oxidation sites excluding steroid dienone is 2. The first-order valence-electron chi connectivity index (χ1n) is 10.5. The Labute approximate surface area is 169 Å². The highest BCUT2D eigenvalue weighted by Gasteiger charge is 2.54. The van der Waals surface area contributed by atoms with Gasteiger partial charge in [-0.15, -0.1) is 0 Å². The molecule has 1 fully saturated rings. The van der Waals surface area contributed by atoms with E-state index in [4.69, 9.17) is 9.47 Å². The van der Waals surface area contributed by atoms with E-state index in [1.165, 1.54) is 14.0 Å². The van der Waals surface area contributed by atoms with Crippen molar-refractivity contribution in [3.63, 3.8) is 0 Å². The average molecular weight is 393 g/mol. The molecule has 0 unspecified atom stereocenters. The highest BCUT2D eigenvalue weighted by atomic mass is 16.5. The fourth-order valence-corrected chi connectivity index (χ4v) is 5.14. The second kappa shape index (κ2) is 8.79. The molecule has 5 nitrogen and oxygen atoms in total. The van der Waals surface area contributed by atoms with E-state index in [0.717, 1.165) is 37.7 Å². The summed E-state index contributed by atoms with van der Waals surface area (Å²) < 4.78 is 10.2. The van der Waals surface area contributed by atoms with E-state index in [1.54, 1.807) is 0 Å². The molecule has 0 aromatic heterocycles. The second-order valence-corrected chi connectivity index (χ2v) is 9.37. The van der Waals surface area contributed by atoms with Crippen LogP contribution in [0.3, 0.4) is 0 Å². The predicted molar refractivity (Wildman–Crippen MR) is 107 cm³/mol. The lowest BCUT2D eigenvalue weighted by atomic mass is 9.51. The Morgan fingerprint density at radius 3 is 2.54 bits per heavy atom. The van der Waals surface area contributed by atoms with Crippen LogP contribution in [0, 0.1) is 28.6 Å². The van der Waals surface area contributed by atoms with E-state index >= 15 is 0 Å². The minimum Gasteiger partial charge on any atom is -0.469 e. The van der Waals surface area contributed by atoms with E-state index < -0.39 is 5.41 Å². The molecule has 0 aliphatic heterocycles. The quantitative estimate of drug-likeness (QED) is 0.597. The Bertz CT molecular complexity index is 651. The highest BCUT2D eigenvalue weighted by Crippen LogP contribution is 2.58. The smallest absolute Gasteiger partial charge is 0.312 e. The van der Waals surface area contributed by atoms with Crippen LogP contribution in [0.25, 0.3) is 0 Å². The van der Waals surface area contributed by atoms with Gasteiger partial charge in [-0.3, -0.25) is 14.4 Å². The molecule has 2 rings (SSSR count). The van der Waals surface area contributed by atoms with Crippen molar-refractivity contribution in [3.05, 3.63) is 11.6 Å². The minimum absolute atomic E-state index is 0.0300. The maximum absolute atomic E-state index is 12.6. The van der Waals surface area contributed by atoms with Crippen molar-refractivity contribution in [3.8, 4) is 0 Å². The third kappa shape index (κ3) is 4.49. The number of ketones is 1. The van der Waals surface area contributed by atoms with Gasteiger partial charge in [0.1, 0.15) is 0 Å². The molecule has 5 atom stereocenters. The number of methoxy groups -OCH3 is 1. The van der Waals surface area contributed by atoms with Gasteiger partial charge in [0.2, 0.25) is 0 Å². The van der Waals surface area contributed by atoms with Crippen LogP contribution in [-0.4, -0.2) is 31.4 Å². The number of rotatable bonds is 7. The molecule has 0 heterocycles. The third-order valence-corrected chi connectivity index (χ3v) is 7.36. The van der Waals surface area contributed by atoms with Crippen molar-refractivity contribution in [2.45, 2.75) is 73.1 Å². The molecule has 158 valence electrons. The lowest BCUT2D eigenvalue weighted by Gasteiger charge is -2.52. The van der Waals surface area contributed by atoms with Crippen LogP contribution < -0.4 is 0 Å². The molecule has 28 heavy (non-hydrogen) atoms. The predicted octanol–water partition coefficient (Wildman–Crippen LogP) is 4.49. The normalized spacial score (nSPS) is 33.5. The first-order chi connectivity index (χ1) is 13.0. The highest BCUT2D eigenvalue weighted by molar-refractivity contribution is 5.97. The van der Waals surface area contributed by atoms with Gasteiger partial charge in [-0.2, -0.15) is 0 Å². The number of carbonyl (C=O) groups excluding carboxylic acids is 3. The summed E-state index contributed by atoms with van der Waals surface area (Å²) in [5.74, 6) is 0.454. The topological polar surface area (TPSA) is 69.7 Å². The van der Waals surface area contributed by atoms with Crippen molar-refractivity contribution < 1.29 is 23.9 Å². The van der Waals surface area contributed by atoms with E-state index in [1.807, 2.05) is 13.0 Å². The van der Waals surface area contributed by atoms with Gasteiger partial charge < -0.3 is 9.47 Å². The van der Waals surface area contributed by atoms with Crippen molar-refractivity contribution >= 4 is 17.7 Å². The molecule has 0 saturated heterocycles. The zero-order chi connectivity index (χ0) is 21.1. The maximum atomic E-state index is 12.6. The number of fused-ring (bicyclic) bond motifs is 1. The summed E-state index contributed by atoms with van der Waals surface area (Å²) in [6, 6.07) is 0. The van der Waals surface area contributed by atoms with Crippen LogP contribution in [0.1, 0.15) is 73.1 Å². The third-order valence-electron chi connectivity index (χ3n) is 7.36. The van der Waals surface area contributed by atoms with Crippen molar-refractivity contribution in [1.29, 1.82) is 0 Å². The molecule has 0 radical (unpaired) electrons. The summed E-state index contributed by atoms with van der Waals surface area (Å²) in [6.07, 6.45) is 6.82. The monoisotopic (exact) mass is 392 g/mol. The van der Waals surface area contributed by atoms with E-state index in [9.17, 15) is 14.4 Å². The first-order valence-corrected chi connectivity index (χ1v) is 10.5.